The normalized spacial score (nSPS) is 13.9. The molecule has 1 aromatic heterocycles. The molecule has 0 aliphatic carbocycles. The van der Waals surface area contributed by atoms with Crippen molar-refractivity contribution in [3.8, 4) is 0 Å². The summed E-state index contributed by atoms with van der Waals surface area (Å²) in [6.45, 7) is 2.07. The average molecular weight is 330 g/mol. The van der Waals surface area contributed by atoms with Crippen molar-refractivity contribution in [3.05, 3.63) is 76.7 Å². The highest BCUT2D eigenvalue weighted by Crippen LogP contribution is 2.42. The van der Waals surface area contributed by atoms with Gasteiger partial charge in [-0.25, -0.2) is 0 Å². The van der Waals surface area contributed by atoms with Gasteiger partial charge in [-0.1, -0.05) is 54.6 Å². The molecule has 22 heavy (non-hydrogen) atoms. The molecule has 0 amide bonds. The molecule has 1 heterocycles. The molecular formula is C18H16ClNOS. The number of rotatable bonds is 4. The lowest BCUT2D eigenvalue weighted by molar-refractivity contribution is 0.790. The number of fused-ring (bicyclic) bond motifs is 1. The predicted octanol–water partition coefficient (Wildman–Crippen LogP) is 4.77. The summed E-state index contributed by atoms with van der Waals surface area (Å²) in [7, 11) is 0. The maximum Gasteiger partial charge on any atom is 0.262 e. The molecule has 0 saturated carbocycles. The Bertz CT molecular complexity index is 846. The van der Waals surface area contributed by atoms with E-state index in [9.17, 15) is 4.79 Å². The van der Waals surface area contributed by atoms with Gasteiger partial charge < -0.3 is 4.98 Å². The van der Waals surface area contributed by atoms with E-state index in [4.69, 9.17) is 11.6 Å². The second kappa shape index (κ2) is 6.19. The zero-order valence-electron chi connectivity index (χ0n) is 12.2. The number of aromatic nitrogens is 1. The summed E-state index contributed by atoms with van der Waals surface area (Å²) in [4.78, 5) is 15.9. The zero-order chi connectivity index (χ0) is 15.6. The molecule has 0 aliphatic rings. The van der Waals surface area contributed by atoms with Gasteiger partial charge in [0.05, 0.1) is 9.64 Å². The predicted molar refractivity (Wildman–Crippen MR) is 94.9 cm³/mol. The second-order valence-corrected chi connectivity index (χ2v) is 7.15. The first kappa shape index (κ1) is 15.2. The second-order valence-electron chi connectivity index (χ2n) is 5.37. The third kappa shape index (κ3) is 2.79. The van der Waals surface area contributed by atoms with Crippen LogP contribution in [0.3, 0.4) is 0 Å². The number of alkyl halides is 1. The van der Waals surface area contributed by atoms with Crippen molar-refractivity contribution < 1.29 is 0 Å². The lowest BCUT2D eigenvalue weighted by atomic mass is 10.0. The molecule has 3 rings (SSSR count). The zero-order valence-corrected chi connectivity index (χ0v) is 13.7. The van der Waals surface area contributed by atoms with Crippen LogP contribution in [0.2, 0.25) is 0 Å². The van der Waals surface area contributed by atoms with Crippen molar-refractivity contribution in [1.82, 2.24) is 4.98 Å². The van der Waals surface area contributed by atoms with Crippen molar-refractivity contribution in [1.29, 1.82) is 0 Å². The van der Waals surface area contributed by atoms with Crippen LogP contribution >= 0.6 is 23.4 Å². The van der Waals surface area contributed by atoms with E-state index in [1.807, 2.05) is 42.5 Å². The summed E-state index contributed by atoms with van der Waals surface area (Å²) >= 11 is 7.79. The minimum absolute atomic E-state index is 0.0732. The molecule has 2 aromatic carbocycles. The van der Waals surface area contributed by atoms with Crippen molar-refractivity contribution in [2.45, 2.75) is 16.6 Å². The smallest absolute Gasteiger partial charge is 0.262 e. The van der Waals surface area contributed by atoms with Crippen molar-refractivity contribution >= 4 is 34.1 Å². The van der Waals surface area contributed by atoms with Gasteiger partial charge in [-0.2, -0.15) is 0 Å². The lowest BCUT2D eigenvalue weighted by Crippen LogP contribution is -2.22. The summed E-state index contributed by atoms with van der Waals surface area (Å²) in [5.74, 6) is 0.421. The highest BCUT2D eigenvalue weighted by Gasteiger charge is 2.29. The van der Waals surface area contributed by atoms with Crippen molar-refractivity contribution in [3.63, 3.8) is 0 Å². The van der Waals surface area contributed by atoms with Gasteiger partial charge in [-0.05, 0) is 17.9 Å². The number of benzene rings is 2. The topological polar surface area (TPSA) is 32.9 Å². The fraction of sp³-hybridized carbons (Fsp3) is 0.167. The SMILES string of the molecule is CC(CCl)(Sc1c(=O)[nH]cc2ccccc12)c1ccccc1. The molecule has 0 aliphatic heterocycles. The lowest BCUT2D eigenvalue weighted by Gasteiger charge is -2.27. The number of hydrogen-bond acceptors (Lipinski definition) is 2. The van der Waals surface area contributed by atoms with Crippen LogP contribution in [0.15, 0.2) is 70.5 Å². The Balaban J connectivity index is 2.12. The summed E-state index contributed by atoms with van der Waals surface area (Å²) in [6.07, 6.45) is 1.75. The van der Waals surface area contributed by atoms with Crippen LogP contribution in [0.1, 0.15) is 12.5 Å². The Kier molecular flexibility index (Phi) is 4.27. The molecule has 112 valence electrons. The number of hydrogen-bond donors (Lipinski definition) is 1. The molecule has 1 unspecified atom stereocenters. The van der Waals surface area contributed by atoms with E-state index < -0.39 is 0 Å². The molecular weight excluding hydrogens is 314 g/mol. The van der Waals surface area contributed by atoms with Gasteiger partial charge in [0, 0.05) is 17.5 Å². The van der Waals surface area contributed by atoms with Crippen LogP contribution in [-0.4, -0.2) is 10.9 Å². The van der Waals surface area contributed by atoms with Crippen LogP contribution in [-0.2, 0) is 4.75 Å². The molecule has 2 nitrogen and oxygen atoms in total. The van der Waals surface area contributed by atoms with E-state index in [1.165, 1.54) is 11.8 Å². The molecule has 0 fully saturated rings. The summed E-state index contributed by atoms with van der Waals surface area (Å²) in [5, 5.41) is 1.98. The molecule has 0 radical (unpaired) electrons. The minimum atomic E-state index is -0.361. The monoisotopic (exact) mass is 329 g/mol. The van der Waals surface area contributed by atoms with Gasteiger partial charge in [-0.15, -0.1) is 23.4 Å². The van der Waals surface area contributed by atoms with Gasteiger partial charge in [-0.3, -0.25) is 4.79 Å². The molecule has 1 atom stereocenters. The molecule has 4 heteroatoms. The van der Waals surface area contributed by atoms with Crippen molar-refractivity contribution in [2.75, 3.05) is 5.88 Å². The van der Waals surface area contributed by atoms with Gasteiger partial charge in [0.25, 0.3) is 5.56 Å². The molecule has 0 bridgehead atoms. The van der Waals surface area contributed by atoms with Gasteiger partial charge in [0.15, 0.2) is 0 Å². The van der Waals surface area contributed by atoms with Gasteiger partial charge in [0.2, 0.25) is 0 Å². The van der Waals surface area contributed by atoms with Gasteiger partial charge in [0.1, 0.15) is 0 Å². The van der Waals surface area contributed by atoms with E-state index in [0.717, 1.165) is 16.3 Å². The Labute approximate surface area is 138 Å². The largest absolute Gasteiger partial charge is 0.328 e. The average Bonchev–Trinajstić information content (AvgIpc) is 2.58. The highest BCUT2D eigenvalue weighted by atomic mass is 35.5. The van der Waals surface area contributed by atoms with E-state index in [1.54, 1.807) is 6.20 Å². The summed E-state index contributed by atoms with van der Waals surface area (Å²) in [6, 6.07) is 18.0. The Morgan fingerprint density at radius 2 is 1.77 bits per heavy atom. The Morgan fingerprint density at radius 3 is 2.50 bits per heavy atom. The molecule has 3 aromatic rings. The number of H-pyrrole nitrogens is 1. The quantitative estimate of drug-likeness (QED) is 0.552. The van der Waals surface area contributed by atoms with E-state index >= 15 is 0 Å². The summed E-state index contributed by atoms with van der Waals surface area (Å²) in [5.41, 5.74) is 1.04. The third-order valence-corrected chi connectivity index (χ3v) is 5.87. The number of aromatic amines is 1. The molecule has 0 spiro atoms. The third-order valence-electron chi connectivity index (χ3n) is 3.74. The number of pyridine rings is 1. The Hall–Kier alpha value is -1.71. The van der Waals surface area contributed by atoms with Crippen LogP contribution < -0.4 is 5.56 Å². The van der Waals surface area contributed by atoms with E-state index in [-0.39, 0.29) is 10.3 Å². The minimum Gasteiger partial charge on any atom is -0.328 e. The van der Waals surface area contributed by atoms with Crippen LogP contribution in [0, 0.1) is 0 Å². The fourth-order valence-corrected chi connectivity index (χ4v) is 3.97. The maximum absolute atomic E-state index is 12.3. The number of thioether (sulfide) groups is 1. The Morgan fingerprint density at radius 1 is 1.09 bits per heavy atom. The van der Waals surface area contributed by atoms with Crippen molar-refractivity contribution in [2.24, 2.45) is 0 Å². The highest BCUT2D eigenvalue weighted by molar-refractivity contribution is 8.00. The van der Waals surface area contributed by atoms with Crippen LogP contribution in [0.4, 0.5) is 0 Å². The standard InChI is InChI=1S/C18H16ClNOS/c1-18(12-19,14-8-3-2-4-9-14)22-16-15-10-6-5-7-13(15)11-20-17(16)21/h2-11H,12H2,1H3,(H,20,21). The first-order valence-corrected chi connectivity index (χ1v) is 8.40. The number of nitrogens with one attached hydrogen (secondary N) is 1. The van der Waals surface area contributed by atoms with E-state index in [2.05, 4.69) is 24.0 Å². The number of halogens is 1. The molecule has 1 N–H and O–H groups in total. The van der Waals surface area contributed by atoms with E-state index in [0.29, 0.717) is 10.8 Å². The first-order valence-electron chi connectivity index (χ1n) is 7.05. The fourth-order valence-electron chi connectivity index (χ4n) is 2.44. The maximum atomic E-state index is 12.3. The summed E-state index contributed by atoms with van der Waals surface area (Å²) < 4.78 is -0.361. The van der Waals surface area contributed by atoms with Crippen LogP contribution in [0.25, 0.3) is 10.8 Å². The van der Waals surface area contributed by atoms with Gasteiger partial charge >= 0.3 is 0 Å². The first-order chi connectivity index (χ1) is 10.6. The molecule has 0 saturated heterocycles. The van der Waals surface area contributed by atoms with Crippen LogP contribution in [0.5, 0.6) is 0 Å².